The predicted octanol–water partition coefficient (Wildman–Crippen LogP) is 3.24. The Morgan fingerprint density at radius 3 is 2.54 bits per heavy atom. The fourth-order valence-corrected chi connectivity index (χ4v) is 2.57. The SMILES string of the molecule is COC(=O)c1ccc(C)c(NC(=O)COC(=O)COc2ccc(F)cc2Br)c1. The molecule has 9 heteroatoms. The van der Waals surface area contributed by atoms with Gasteiger partial charge in [-0.3, -0.25) is 4.79 Å². The van der Waals surface area contributed by atoms with Crippen LogP contribution in [0.5, 0.6) is 5.75 Å². The summed E-state index contributed by atoms with van der Waals surface area (Å²) in [5, 5.41) is 2.56. The third-order valence-electron chi connectivity index (χ3n) is 3.54. The number of anilines is 1. The van der Waals surface area contributed by atoms with Gasteiger partial charge in [-0.1, -0.05) is 6.07 Å². The second-order valence-electron chi connectivity index (χ2n) is 5.59. The minimum atomic E-state index is -0.772. The van der Waals surface area contributed by atoms with Gasteiger partial charge in [0.15, 0.2) is 13.2 Å². The number of rotatable bonds is 7. The van der Waals surface area contributed by atoms with E-state index in [1.54, 1.807) is 19.1 Å². The molecule has 0 aromatic heterocycles. The number of methoxy groups -OCH3 is 1. The molecular weight excluding hydrogens is 437 g/mol. The summed E-state index contributed by atoms with van der Waals surface area (Å²) in [4.78, 5) is 35.3. The monoisotopic (exact) mass is 453 g/mol. The molecule has 0 aliphatic rings. The van der Waals surface area contributed by atoms with E-state index in [0.717, 1.165) is 5.56 Å². The Hall–Kier alpha value is -2.94. The summed E-state index contributed by atoms with van der Waals surface area (Å²) >= 11 is 3.11. The fourth-order valence-electron chi connectivity index (χ4n) is 2.10. The van der Waals surface area contributed by atoms with E-state index in [0.29, 0.717) is 10.2 Å². The normalized spacial score (nSPS) is 10.1. The number of benzene rings is 2. The van der Waals surface area contributed by atoms with Crippen LogP contribution < -0.4 is 10.1 Å². The van der Waals surface area contributed by atoms with Gasteiger partial charge < -0.3 is 19.5 Å². The van der Waals surface area contributed by atoms with Crippen LogP contribution in [0.15, 0.2) is 40.9 Å². The fraction of sp³-hybridized carbons (Fsp3) is 0.211. The molecule has 0 spiro atoms. The summed E-state index contributed by atoms with van der Waals surface area (Å²) in [5.41, 5.74) is 1.39. The minimum Gasteiger partial charge on any atom is -0.481 e. The van der Waals surface area contributed by atoms with E-state index < -0.39 is 36.9 Å². The van der Waals surface area contributed by atoms with Crippen molar-refractivity contribution in [1.29, 1.82) is 0 Å². The number of nitrogens with one attached hydrogen (secondary N) is 1. The lowest BCUT2D eigenvalue weighted by Crippen LogP contribution is -2.24. The first-order valence-corrected chi connectivity index (χ1v) is 8.81. The molecule has 2 rings (SSSR count). The molecule has 7 nitrogen and oxygen atoms in total. The zero-order valence-corrected chi connectivity index (χ0v) is 16.7. The quantitative estimate of drug-likeness (QED) is 0.647. The highest BCUT2D eigenvalue weighted by Crippen LogP contribution is 2.25. The van der Waals surface area contributed by atoms with E-state index in [-0.39, 0.29) is 11.3 Å². The zero-order valence-electron chi connectivity index (χ0n) is 15.1. The topological polar surface area (TPSA) is 90.9 Å². The summed E-state index contributed by atoms with van der Waals surface area (Å²) in [7, 11) is 1.26. The van der Waals surface area contributed by atoms with Crippen LogP contribution in [0.25, 0.3) is 0 Å². The van der Waals surface area contributed by atoms with E-state index in [1.807, 2.05) is 0 Å². The van der Waals surface area contributed by atoms with E-state index in [4.69, 9.17) is 9.47 Å². The molecule has 28 heavy (non-hydrogen) atoms. The van der Waals surface area contributed by atoms with Gasteiger partial charge in [-0.05, 0) is 58.7 Å². The van der Waals surface area contributed by atoms with Crippen LogP contribution in [-0.4, -0.2) is 38.2 Å². The highest BCUT2D eigenvalue weighted by atomic mass is 79.9. The van der Waals surface area contributed by atoms with Crippen molar-refractivity contribution in [3.63, 3.8) is 0 Å². The Balaban J connectivity index is 1.85. The number of amides is 1. The predicted molar refractivity (Wildman–Crippen MR) is 102 cm³/mol. The molecule has 2 aromatic rings. The molecule has 0 aliphatic carbocycles. The van der Waals surface area contributed by atoms with Crippen LogP contribution in [-0.2, 0) is 19.1 Å². The van der Waals surface area contributed by atoms with E-state index in [2.05, 4.69) is 26.0 Å². The first kappa shape index (κ1) is 21.4. The largest absolute Gasteiger partial charge is 0.481 e. The molecule has 0 heterocycles. The van der Waals surface area contributed by atoms with E-state index in [1.165, 1.54) is 31.4 Å². The molecule has 2 aromatic carbocycles. The Kier molecular flexibility index (Phi) is 7.51. The van der Waals surface area contributed by atoms with Crippen molar-refractivity contribution in [3.8, 4) is 5.75 Å². The van der Waals surface area contributed by atoms with Crippen LogP contribution in [0.4, 0.5) is 10.1 Å². The third-order valence-corrected chi connectivity index (χ3v) is 4.16. The van der Waals surface area contributed by atoms with Crippen molar-refractivity contribution in [2.75, 3.05) is 25.6 Å². The Bertz CT molecular complexity index is 902. The smallest absolute Gasteiger partial charge is 0.344 e. The molecule has 0 saturated heterocycles. The van der Waals surface area contributed by atoms with Crippen molar-refractivity contribution in [2.24, 2.45) is 0 Å². The molecule has 0 bridgehead atoms. The van der Waals surface area contributed by atoms with Gasteiger partial charge in [-0.2, -0.15) is 0 Å². The molecule has 0 radical (unpaired) electrons. The van der Waals surface area contributed by atoms with Crippen molar-refractivity contribution >= 4 is 39.5 Å². The van der Waals surface area contributed by atoms with Gasteiger partial charge in [0, 0.05) is 5.69 Å². The summed E-state index contributed by atoms with van der Waals surface area (Å²) in [6, 6.07) is 8.43. The average molecular weight is 454 g/mol. The first-order valence-electron chi connectivity index (χ1n) is 8.02. The van der Waals surface area contributed by atoms with Gasteiger partial charge >= 0.3 is 11.9 Å². The van der Waals surface area contributed by atoms with Crippen LogP contribution >= 0.6 is 15.9 Å². The average Bonchev–Trinajstić information content (AvgIpc) is 2.66. The van der Waals surface area contributed by atoms with Crippen LogP contribution in [0, 0.1) is 12.7 Å². The number of carbonyl (C=O) groups is 3. The van der Waals surface area contributed by atoms with Gasteiger partial charge in [-0.15, -0.1) is 0 Å². The van der Waals surface area contributed by atoms with Gasteiger partial charge in [0.05, 0.1) is 17.1 Å². The second kappa shape index (κ2) is 9.84. The lowest BCUT2D eigenvalue weighted by Gasteiger charge is -2.11. The molecule has 0 saturated carbocycles. The van der Waals surface area contributed by atoms with Gasteiger partial charge in [-0.25, -0.2) is 14.0 Å². The lowest BCUT2D eigenvalue weighted by molar-refractivity contribution is -0.149. The number of esters is 2. The van der Waals surface area contributed by atoms with Crippen LogP contribution in [0.3, 0.4) is 0 Å². The van der Waals surface area contributed by atoms with Crippen molar-refractivity contribution < 1.29 is 33.0 Å². The van der Waals surface area contributed by atoms with Crippen LogP contribution in [0.2, 0.25) is 0 Å². The minimum absolute atomic E-state index is 0.262. The zero-order chi connectivity index (χ0) is 20.7. The summed E-state index contributed by atoms with van der Waals surface area (Å²) in [6.07, 6.45) is 0. The highest BCUT2D eigenvalue weighted by molar-refractivity contribution is 9.10. The van der Waals surface area contributed by atoms with Crippen molar-refractivity contribution in [3.05, 3.63) is 57.8 Å². The van der Waals surface area contributed by atoms with Crippen molar-refractivity contribution in [2.45, 2.75) is 6.92 Å². The molecule has 0 aliphatic heterocycles. The Morgan fingerprint density at radius 1 is 1.11 bits per heavy atom. The standard InChI is InChI=1S/C19H17BrFNO6/c1-11-3-4-12(19(25)26-2)7-15(11)22-17(23)9-28-18(24)10-27-16-6-5-13(21)8-14(16)20/h3-8H,9-10H2,1-2H3,(H,22,23). The molecule has 1 N–H and O–H groups in total. The second-order valence-corrected chi connectivity index (χ2v) is 6.45. The van der Waals surface area contributed by atoms with E-state index >= 15 is 0 Å². The highest BCUT2D eigenvalue weighted by Gasteiger charge is 2.13. The van der Waals surface area contributed by atoms with Gasteiger partial charge in [0.25, 0.3) is 5.91 Å². The molecule has 148 valence electrons. The third kappa shape index (κ3) is 6.05. The maximum Gasteiger partial charge on any atom is 0.344 e. The summed E-state index contributed by atoms with van der Waals surface area (Å²) < 4.78 is 28.0. The van der Waals surface area contributed by atoms with Crippen molar-refractivity contribution in [1.82, 2.24) is 0 Å². The molecule has 1 amide bonds. The number of halogens is 2. The number of carbonyl (C=O) groups excluding carboxylic acids is 3. The van der Waals surface area contributed by atoms with Crippen LogP contribution in [0.1, 0.15) is 15.9 Å². The molecule has 0 fully saturated rings. The number of ether oxygens (including phenoxy) is 3. The van der Waals surface area contributed by atoms with Gasteiger partial charge in [0.1, 0.15) is 11.6 Å². The number of aryl methyl sites for hydroxylation is 1. The number of hydrogen-bond acceptors (Lipinski definition) is 6. The molecule has 0 unspecified atom stereocenters. The molecule has 0 atom stereocenters. The lowest BCUT2D eigenvalue weighted by atomic mass is 10.1. The summed E-state index contributed by atoms with van der Waals surface area (Å²) in [5.74, 6) is -2.08. The maximum atomic E-state index is 13.0. The first-order chi connectivity index (χ1) is 13.3. The maximum absolute atomic E-state index is 13.0. The molecular formula is C19H17BrFNO6. The van der Waals surface area contributed by atoms with E-state index in [9.17, 15) is 18.8 Å². The van der Waals surface area contributed by atoms with Gasteiger partial charge in [0.2, 0.25) is 0 Å². The number of hydrogen-bond donors (Lipinski definition) is 1. The Morgan fingerprint density at radius 2 is 1.86 bits per heavy atom. The summed E-state index contributed by atoms with van der Waals surface area (Å²) in [6.45, 7) is 0.764. The Labute approximate surface area is 168 Å².